The van der Waals surface area contributed by atoms with E-state index in [1.165, 1.54) is 0 Å². The van der Waals surface area contributed by atoms with E-state index in [2.05, 4.69) is 5.16 Å². The molecule has 0 bridgehead atoms. The molecule has 2 aromatic rings. The van der Waals surface area contributed by atoms with Gasteiger partial charge in [-0.05, 0) is 31.0 Å². The normalized spacial score (nSPS) is 10.5. The summed E-state index contributed by atoms with van der Waals surface area (Å²) in [5.41, 5.74) is 7.82. The zero-order valence-electron chi connectivity index (χ0n) is 9.85. The summed E-state index contributed by atoms with van der Waals surface area (Å²) in [4.78, 5) is 0. The van der Waals surface area contributed by atoms with Gasteiger partial charge in [0.2, 0.25) is 0 Å². The second-order valence-corrected chi connectivity index (χ2v) is 3.87. The largest absolute Gasteiger partial charge is 0.485 e. The smallest absolute Gasteiger partial charge is 0.174 e. The van der Waals surface area contributed by atoms with Gasteiger partial charge in [-0.15, -0.1) is 0 Å². The molecule has 4 nitrogen and oxygen atoms in total. The molecule has 0 unspecified atom stereocenters. The molecule has 0 atom stereocenters. The molecule has 0 aliphatic rings. The second-order valence-electron chi connectivity index (χ2n) is 3.87. The molecule has 0 aliphatic carbocycles. The molecular weight excluding hydrogens is 216 g/mol. The summed E-state index contributed by atoms with van der Waals surface area (Å²) in [6.07, 6.45) is 2.42. The van der Waals surface area contributed by atoms with Crippen molar-refractivity contribution in [1.29, 1.82) is 0 Å². The molecule has 17 heavy (non-hydrogen) atoms. The standard InChI is InChI=1S/C13H16N2O2/c1-10-3-2-4-11(5-7-14)13(10)16-9-12-6-8-15-17-12/h2-4,6,8H,5,7,9,14H2,1H3. The van der Waals surface area contributed by atoms with Crippen molar-refractivity contribution in [1.82, 2.24) is 5.16 Å². The minimum absolute atomic E-state index is 0.391. The van der Waals surface area contributed by atoms with Crippen molar-refractivity contribution in [3.05, 3.63) is 47.3 Å². The molecule has 90 valence electrons. The Morgan fingerprint density at radius 2 is 2.24 bits per heavy atom. The van der Waals surface area contributed by atoms with Gasteiger partial charge in [-0.3, -0.25) is 0 Å². The van der Waals surface area contributed by atoms with Crippen LogP contribution < -0.4 is 10.5 Å². The number of ether oxygens (including phenoxy) is 1. The van der Waals surface area contributed by atoms with Gasteiger partial charge >= 0.3 is 0 Å². The quantitative estimate of drug-likeness (QED) is 0.857. The lowest BCUT2D eigenvalue weighted by molar-refractivity contribution is 0.246. The molecule has 0 spiro atoms. The fraction of sp³-hybridized carbons (Fsp3) is 0.308. The van der Waals surface area contributed by atoms with E-state index < -0.39 is 0 Å². The van der Waals surface area contributed by atoms with Crippen LogP contribution in [0.4, 0.5) is 0 Å². The Labute approximate surface area is 100 Å². The SMILES string of the molecule is Cc1cccc(CCN)c1OCc1ccno1. The van der Waals surface area contributed by atoms with Crippen LogP contribution in [0.25, 0.3) is 0 Å². The van der Waals surface area contributed by atoms with Crippen LogP contribution in [0.1, 0.15) is 16.9 Å². The molecule has 2 N–H and O–H groups in total. The Morgan fingerprint density at radius 1 is 1.35 bits per heavy atom. The lowest BCUT2D eigenvalue weighted by Crippen LogP contribution is -2.06. The number of aryl methyl sites for hydroxylation is 1. The Bertz CT molecular complexity index is 466. The average Bonchev–Trinajstić information content (AvgIpc) is 2.82. The third kappa shape index (κ3) is 2.85. The summed E-state index contributed by atoms with van der Waals surface area (Å²) >= 11 is 0. The first-order valence-electron chi connectivity index (χ1n) is 5.62. The molecule has 4 heteroatoms. The first-order chi connectivity index (χ1) is 8.31. The van der Waals surface area contributed by atoms with Crippen LogP contribution in [0.15, 0.2) is 35.0 Å². The van der Waals surface area contributed by atoms with Crippen molar-refractivity contribution in [3.63, 3.8) is 0 Å². The van der Waals surface area contributed by atoms with Crippen LogP contribution in [0.5, 0.6) is 5.75 Å². The molecule has 2 rings (SSSR count). The topological polar surface area (TPSA) is 61.3 Å². The molecule has 0 radical (unpaired) electrons. The molecule has 1 aromatic carbocycles. The molecule has 0 saturated carbocycles. The number of hydrogen-bond acceptors (Lipinski definition) is 4. The maximum absolute atomic E-state index is 5.78. The fourth-order valence-electron chi connectivity index (χ4n) is 1.73. The number of nitrogens with two attached hydrogens (primary N) is 1. The maximum Gasteiger partial charge on any atom is 0.174 e. The molecule has 0 saturated heterocycles. The molecule has 1 aromatic heterocycles. The molecular formula is C13H16N2O2. The van der Waals surface area contributed by atoms with Crippen molar-refractivity contribution in [2.45, 2.75) is 20.0 Å². The highest BCUT2D eigenvalue weighted by Gasteiger charge is 2.07. The highest BCUT2D eigenvalue weighted by Crippen LogP contribution is 2.24. The Hall–Kier alpha value is -1.81. The Morgan fingerprint density at radius 3 is 2.94 bits per heavy atom. The predicted octanol–water partition coefficient (Wildman–Crippen LogP) is 2.06. The van der Waals surface area contributed by atoms with Gasteiger partial charge in [0.1, 0.15) is 12.4 Å². The summed E-state index contributed by atoms with van der Waals surface area (Å²) in [7, 11) is 0. The van der Waals surface area contributed by atoms with Crippen molar-refractivity contribution in [2.75, 3.05) is 6.54 Å². The molecule has 0 fully saturated rings. The summed E-state index contributed by atoms with van der Waals surface area (Å²) in [6, 6.07) is 7.87. The Balaban J connectivity index is 2.13. The average molecular weight is 232 g/mol. The molecule has 0 aliphatic heterocycles. The zero-order valence-corrected chi connectivity index (χ0v) is 9.85. The lowest BCUT2D eigenvalue weighted by Gasteiger charge is -2.12. The van der Waals surface area contributed by atoms with Crippen LogP contribution in [0.3, 0.4) is 0 Å². The maximum atomic E-state index is 5.78. The Kier molecular flexibility index (Phi) is 3.77. The van der Waals surface area contributed by atoms with Gasteiger partial charge in [0.25, 0.3) is 0 Å². The van der Waals surface area contributed by atoms with Crippen LogP contribution >= 0.6 is 0 Å². The minimum Gasteiger partial charge on any atom is -0.485 e. The van der Waals surface area contributed by atoms with Crippen LogP contribution in [-0.2, 0) is 13.0 Å². The first kappa shape index (κ1) is 11.7. The number of para-hydroxylation sites is 1. The highest BCUT2D eigenvalue weighted by atomic mass is 16.5. The van der Waals surface area contributed by atoms with Gasteiger partial charge in [0.15, 0.2) is 5.76 Å². The summed E-state index contributed by atoms with van der Waals surface area (Å²) in [5, 5.41) is 3.64. The zero-order chi connectivity index (χ0) is 12.1. The van der Waals surface area contributed by atoms with E-state index in [-0.39, 0.29) is 0 Å². The molecule has 1 heterocycles. The van der Waals surface area contributed by atoms with Crippen molar-refractivity contribution in [3.8, 4) is 5.75 Å². The van der Waals surface area contributed by atoms with Gasteiger partial charge in [-0.25, -0.2) is 0 Å². The minimum atomic E-state index is 0.391. The van der Waals surface area contributed by atoms with E-state index in [0.717, 1.165) is 23.3 Å². The molecule has 0 amide bonds. The van der Waals surface area contributed by atoms with Crippen molar-refractivity contribution in [2.24, 2.45) is 5.73 Å². The van der Waals surface area contributed by atoms with E-state index in [4.69, 9.17) is 15.0 Å². The number of hydrogen-bond donors (Lipinski definition) is 1. The van der Waals surface area contributed by atoms with Crippen LogP contribution in [0, 0.1) is 6.92 Å². The van der Waals surface area contributed by atoms with E-state index in [9.17, 15) is 0 Å². The van der Waals surface area contributed by atoms with Crippen LogP contribution in [-0.4, -0.2) is 11.7 Å². The van der Waals surface area contributed by atoms with Crippen molar-refractivity contribution < 1.29 is 9.26 Å². The summed E-state index contributed by atoms with van der Waals surface area (Å²) in [5.74, 6) is 1.61. The monoisotopic (exact) mass is 232 g/mol. The fourth-order valence-corrected chi connectivity index (χ4v) is 1.73. The third-order valence-electron chi connectivity index (χ3n) is 2.56. The number of aromatic nitrogens is 1. The number of rotatable bonds is 5. The van der Waals surface area contributed by atoms with E-state index in [1.807, 2.05) is 25.1 Å². The first-order valence-corrected chi connectivity index (χ1v) is 5.62. The van der Waals surface area contributed by atoms with Crippen molar-refractivity contribution >= 4 is 0 Å². The van der Waals surface area contributed by atoms with Crippen LogP contribution in [0.2, 0.25) is 0 Å². The van der Waals surface area contributed by atoms with E-state index >= 15 is 0 Å². The van der Waals surface area contributed by atoms with Gasteiger partial charge in [-0.1, -0.05) is 23.4 Å². The van der Waals surface area contributed by atoms with E-state index in [0.29, 0.717) is 18.9 Å². The van der Waals surface area contributed by atoms with Gasteiger partial charge in [0, 0.05) is 6.07 Å². The summed E-state index contributed by atoms with van der Waals surface area (Å²) < 4.78 is 10.8. The second kappa shape index (κ2) is 5.50. The van der Waals surface area contributed by atoms with E-state index in [1.54, 1.807) is 12.3 Å². The van der Waals surface area contributed by atoms with Gasteiger partial charge < -0.3 is 15.0 Å². The lowest BCUT2D eigenvalue weighted by atomic mass is 10.1. The predicted molar refractivity (Wildman–Crippen MR) is 64.8 cm³/mol. The summed E-state index contributed by atoms with van der Waals surface area (Å²) in [6.45, 7) is 3.03. The number of nitrogens with zero attached hydrogens (tertiary/aromatic N) is 1. The third-order valence-corrected chi connectivity index (χ3v) is 2.56. The van der Waals surface area contributed by atoms with Gasteiger partial charge in [0.05, 0.1) is 6.20 Å². The highest BCUT2D eigenvalue weighted by molar-refractivity contribution is 5.41. The number of benzene rings is 1. The van der Waals surface area contributed by atoms with Gasteiger partial charge in [-0.2, -0.15) is 0 Å².